The maximum atomic E-state index is 11.1. The molecule has 0 radical (unpaired) electrons. The predicted octanol–water partition coefficient (Wildman–Crippen LogP) is -0.460. The van der Waals surface area contributed by atoms with Crippen LogP contribution in [0.15, 0.2) is 30.9 Å². The maximum Gasteiger partial charge on any atom is 0.292 e. The lowest BCUT2D eigenvalue weighted by Crippen LogP contribution is -2.33. The van der Waals surface area contributed by atoms with Gasteiger partial charge in [-0.25, -0.2) is 15.0 Å². The Kier molecular flexibility index (Phi) is 5.17. The zero-order chi connectivity index (χ0) is 21.4. The van der Waals surface area contributed by atoms with E-state index >= 15 is 0 Å². The Bertz CT molecular complexity index is 1090. The van der Waals surface area contributed by atoms with Crippen LogP contribution in [0.25, 0.3) is 11.2 Å². The van der Waals surface area contributed by atoms with E-state index in [9.17, 15) is 25.4 Å². The van der Waals surface area contributed by atoms with Gasteiger partial charge in [-0.1, -0.05) is 6.07 Å². The summed E-state index contributed by atoms with van der Waals surface area (Å²) in [6.45, 7) is -0.231. The summed E-state index contributed by atoms with van der Waals surface area (Å²) in [7, 11) is 0. The van der Waals surface area contributed by atoms with Crippen molar-refractivity contribution in [2.24, 2.45) is 0 Å². The lowest BCUT2D eigenvalue weighted by molar-refractivity contribution is -0.383. The van der Waals surface area contributed by atoms with Gasteiger partial charge in [0, 0.05) is 12.6 Å². The van der Waals surface area contributed by atoms with Gasteiger partial charge >= 0.3 is 0 Å². The standard InChI is InChI=1S/C17H19N7O6/c18-9-2-1-8(3-10(9)24(28)29)4-19-15-12-16(21-6-20-15)23(7-22-12)17-14(27)13(26)11(5-25)30-17/h1-3,6-7,11,13-14,17,25-27H,4-5,18H2,(H,19,20,21)/t11-,13-,14-,17-/m1/s1. The molecule has 1 fully saturated rings. The number of aliphatic hydroxyl groups is 3. The number of fused-ring (bicyclic) bond motifs is 1. The van der Waals surface area contributed by atoms with Gasteiger partial charge < -0.3 is 31.1 Å². The minimum atomic E-state index is -1.28. The molecule has 2 aromatic heterocycles. The van der Waals surface area contributed by atoms with E-state index in [1.807, 2.05) is 0 Å². The second kappa shape index (κ2) is 7.79. The third-order valence-electron chi connectivity index (χ3n) is 4.90. The molecule has 1 aliphatic rings. The van der Waals surface area contributed by atoms with Crippen LogP contribution in [0.1, 0.15) is 11.8 Å². The smallest absolute Gasteiger partial charge is 0.292 e. The first kappa shape index (κ1) is 19.9. The number of nitrogens with zero attached hydrogens (tertiary/aromatic N) is 5. The van der Waals surface area contributed by atoms with E-state index in [1.54, 1.807) is 6.07 Å². The predicted molar refractivity (Wildman–Crippen MR) is 103 cm³/mol. The van der Waals surface area contributed by atoms with Crippen LogP contribution in [0.4, 0.5) is 17.2 Å². The molecule has 13 heteroatoms. The molecule has 1 saturated heterocycles. The number of nitrogen functional groups attached to an aromatic ring is 1. The fourth-order valence-corrected chi connectivity index (χ4v) is 3.32. The Labute approximate surface area is 168 Å². The molecule has 0 unspecified atom stereocenters. The number of nitro groups is 1. The summed E-state index contributed by atoms with van der Waals surface area (Å²) in [6.07, 6.45) is -1.76. The number of hydrogen-bond donors (Lipinski definition) is 5. The second-order valence-electron chi connectivity index (χ2n) is 6.78. The molecular weight excluding hydrogens is 398 g/mol. The van der Waals surface area contributed by atoms with Crippen molar-refractivity contribution in [3.63, 3.8) is 0 Å². The van der Waals surface area contributed by atoms with Crippen molar-refractivity contribution >= 4 is 28.4 Å². The average Bonchev–Trinajstić information content (AvgIpc) is 3.28. The minimum absolute atomic E-state index is 0.0745. The molecule has 158 valence electrons. The van der Waals surface area contributed by atoms with E-state index in [4.69, 9.17) is 10.5 Å². The van der Waals surface area contributed by atoms with E-state index in [2.05, 4.69) is 20.3 Å². The Morgan fingerprint density at radius 3 is 2.77 bits per heavy atom. The topological polar surface area (TPSA) is 195 Å². The molecule has 0 saturated carbocycles. The fraction of sp³-hybridized carbons (Fsp3) is 0.353. The molecule has 13 nitrogen and oxygen atoms in total. The first-order valence-corrected chi connectivity index (χ1v) is 8.97. The molecule has 0 bridgehead atoms. The van der Waals surface area contributed by atoms with Crippen molar-refractivity contribution in [1.82, 2.24) is 19.5 Å². The highest BCUT2D eigenvalue weighted by Crippen LogP contribution is 2.32. The van der Waals surface area contributed by atoms with E-state index in [0.29, 0.717) is 22.5 Å². The van der Waals surface area contributed by atoms with Gasteiger partial charge in [-0.3, -0.25) is 14.7 Å². The fourth-order valence-electron chi connectivity index (χ4n) is 3.32. The zero-order valence-electron chi connectivity index (χ0n) is 15.5. The molecule has 0 amide bonds. The van der Waals surface area contributed by atoms with Gasteiger partial charge in [0.15, 0.2) is 23.2 Å². The van der Waals surface area contributed by atoms with Crippen molar-refractivity contribution in [2.45, 2.75) is 31.1 Å². The van der Waals surface area contributed by atoms with Crippen LogP contribution < -0.4 is 11.1 Å². The number of benzene rings is 1. The molecule has 0 aliphatic carbocycles. The lowest BCUT2D eigenvalue weighted by atomic mass is 10.1. The molecular formula is C17H19N7O6. The molecule has 4 rings (SSSR count). The number of anilines is 2. The molecule has 30 heavy (non-hydrogen) atoms. The summed E-state index contributed by atoms with van der Waals surface area (Å²) in [6, 6.07) is 4.49. The largest absolute Gasteiger partial charge is 0.394 e. The van der Waals surface area contributed by atoms with Gasteiger partial charge in [0.2, 0.25) is 0 Å². The van der Waals surface area contributed by atoms with Crippen molar-refractivity contribution in [3.8, 4) is 0 Å². The van der Waals surface area contributed by atoms with Gasteiger partial charge in [-0.05, 0) is 11.6 Å². The maximum absolute atomic E-state index is 11.1. The van der Waals surface area contributed by atoms with E-state index in [-0.39, 0.29) is 17.9 Å². The van der Waals surface area contributed by atoms with E-state index in [0.717, 1.165) is 0 Å². The summed E-state index contributed by atoms with van der Waals surface area (Å²) < 4.78 is 6.96. The quantitative estimate of drug-likeness (QED) is 0.198. The number of ether oxygens (including phenoxy) is 1. The highest BCUT2D eigenvalue weighted by Gasteiger charge is 2.44. The molecule has 3 aromatic rings. The van der Waals surface area contributed by atoms with Crippen molar-refractivity contribution in [2.75, 3.05) is 17.7 Å². The first-order chi connectivity index (χ1) is 14.4. The monoisotopic (exact) mass is 417 g/mol. The summed E-state index contributed by atoms with van der Waals surface area (Å²) >= 11 is 0. The van der Waals surface area contributed by atoms with Crippen molar-refractivity contribution < 1.29 is 25.0 Å². The number of imidazole rings is 1. The SMILES string of the molecule is Nc1ccc(CNc2ncnc3c2ncn3[C@@H]2O[C@H](CO)[C@@H](O)[C@H]2O)cc1[N+](=O)[O-]. The second-order valence-corrected chi connectivity index (χ2v) is 6.78. The van der Waals surface area contributed by atoms with Gasteiger partial charge in [-0.2, -0.15) is 0 Å². The molecule has 3 heterocycles. The number of rotatable bonds is 6. The summed E-state index contributed by atoms with van der Waals surface area (Å²) in [5.41, 5.74) is 6.83. The van der Waals surface area contributed by atoms with Gasteiger partial charge in [0.25, 0.3) is 5.69 Å². The molecule has 4 atom stereocenters. The molecule has 0 spiro atoms. The van der Waals surface area contributed by atoms with Gasteiger partial charge in [-0.15, -0.1) is 0 Å². The normalized spacial score (nSPS) is 23.7. The van der Waals surface area contributed by atoms with Crippen LogP contribution in [-0.4, -0.2) is 64.7 Å². The Morgan fingerprint density at radius 2 is 2.07 bits per heavy atom. The third kappa shape index (κ3) is 3.39. The molecule has 1 aliphatic heterocycles. The van der Waals surface area contributed by atoms with Gasteiger partial charge in [0.05, 0.1) is 17.9 Å². The Balaban J connectivity index is 1.59. The van der Waals surface area contributed by atoms with E-state index in [1.165, 1.54) is 29.4 Å². The van der Waals surface area contributed by atoms with Crippen LogP contribution in [0.5, 0.6) is 0 Å². The number of aromatic nitrogens is 4. The Morgan fingerprint density at radius 1 is 1.27 bits per heavy atom. The first-order valence-electron chi connectivity index (χ1n) is 8.97. The number of nitro benzene ring substituents is 1. The zero-order valence-corrected chi connectivity index (χ0v) is 15.5. The highest BCUT2D eigenvalue weighted by atomic mass is 16.6. The summed E-state index contributed by atoms with van der Waals surface area (Å²) in [4.78, 5) is 23.1. The number of nitrogens with two attached hydrogens (primary N) is 1. The average molecular weight is 417 g/mol. The highest BCUT2D eigenvalue weighted by molar-refractivity contribution is 5.82. The van der Waals surface area contributed by atoms with Crippen LogP contribution in [0.3, 0.4) is 0 Å². The van der Waals surface area contributed by atoms with Gasteiger partial charge in [0.1, 0.15) is 30.3 Å². The van der Waals surface area contributed by atoms with Crippen LogP contribution in [-0.2, 0) is 11.3 Å². The minimum Gasteiger partial charge on any atom is -0.394 e. The third-order valence-corrected chi connectivity index (χ3v) is 4.90. The lowest BCUT2D eigenvalue weighted by Gasteiger charge is -2.16. The van der Waals surface area contributed by atoms with E-state index < -0.39 is 36.1 Å². The van der Waals surface area contributed by atoms with Crippen molar-refractivity contribution in [1.29, 1.82) is 0 Å². The van der Waals surface area contributed by atoms with Crippen LogP contribution in [0.2, 0.25) is 0 Å². The van der Waals surface area contributed by atoms with Crippen LogP contribution >= 0.6 is 0 Å². The molecule has 1 aromatic carbocycles. The summed E-state index contributed by atoms with van der Waals surface area (Å²) in [5, 5.41) is 43.6. The number of nitrogens with one attached hydrogen (secondary N) is 1. The van der Waals surface area contributed by atoms with Crippen molar-refractivity contribution in [3.05, 3.63) is 46.5 Å². The van der Waals surface area contributed by atoms with Crippen LogP contribution in [0, 0.1) is 10.1 Å². The number of hydrogen-bond acceptors (Lipinski definition) is 11. The molecule has 6 N–H and O–H groups in total. The Hall–Kier alpha value is -3.39. The number of aliphatic hydroxyl groups excluding tert-OH is 3. The summed E-state index contributed by atoms with van der Waals surface area (Å²) in [5.74, 6) is 0.366.